The van der Waals surface area contributed by atoms with Gasteiger partial charge in [-0.3, -0.25) is 9.59 Å². The summed E-state index contributed by atoms with van der Waals surface area (Å²) in [5.41, 5.74) is 1.25. The molecule has 0 saturated carbocycles. The van der Waals surface area contributed by atoms with Gasteiger partial charge in [0, 0.05) is 12.0 Å². The molecule has 0 aliphatic rings. The topological polar surface area (TPSA) is 67.2 Å². The number of ether oxygens (including phenoxy) is 1. The van der Waals surface area contributed by atoms with Crippen LogP contribution < -0.4 is 0 Å². The summed E-state index contributed by atoms with van der Waals surface area (Å²) < 4.78 is 4.85. The number of rotatable bonds is 5. The predicted molar refractivity (Wildman–Crippen MR) is 66.1 cm³/mol. The number of nitrogens with zero attached hydrogens (tertiary/aromatic N) is 1. The van der Waals surface area contributed by atoms with E-state index < -0.39 is 5.97 Å². The Balaban J connectivity index is 3.17. The Morgan fingerprint density at radius 2 is 2.06 bits per heavy atom. The number of hydrogen-bond donors (Lipinski definition) is 0. The van der Waals surface area contributed by atoms with Crippen LogP contribution in [0.2, 0.25) is 0 Å². The molecular weight excluding hydrogens is 230 g/mol. The smallest absolute Gasteiger partial charge is 0.310 e. The maximum Gasteiger partial charge on any atom is 0.310 e. The molecule has 1 rings (SSSR count). The summed E-state index contributed by atoms with van der Waals surface area (Å²) in [5, 5.41) is 9.03. The molecule has 0 spiro atoms. The second kappa shape index (κ2) is 6.55. The fraction of sp³-hybridized carbons (Fsp3) is 0.357. The van der Waals surface area contributed by atoms with Crippen LogP contribution in [0.5, 0.6) is 0 Å². The molecule has 18 heavy (non-hydrogen) atoms. The molecule has 0 saturated heterocycles. The van der Waals surface area contributed by atoms with Crippen molar-refractivity contribution in [2.24, 2.45) is 0 Å². The lowest BCUT2D eigenvalue weighted by atomic mass is 9.95. The molecule has 0 radical (unpaired) electrons. The van der Waals surface area contributed by atoms with Gasteiger partial charge in [0.25, 0.3) is 0 Å². The van der Waals surface area contributed by atoms with Crippen LogP contribution in [-0.2, 0) is 16.0 Å². The number of hydrogen-bond acceptors (Lipinski definition) is 4. The van der Waals surface area contributed by atoms with E-state index in [4.69, 9.17) is 10.00 Å². The van der Waals surface area contributed by atoms with E-state index in [0.717, 1.165) is 0 Å². The van der Waals surface area contributed by atoms with Gasteiger partial charge in [-0.25, -0.2) is 0 Å². The van der Waals surface area contributed by atoms with Crippen LogP contribution in [0, 0.1) is 11.3 Å². The highest BCUT2D eigenvalue weighted by atomic mass is 16.5. The number of nitriles is 1. The molecule has 0 aliphatic heterocycles. The van der Waals surface area contributed by atoms with E-state index in [1.54, 1.807) is 32.0 Å². The predicted octanol–water partition coefficient (Wildman–Crippen LogP) is 2.26. The molecule has 4 nitrogen and oxygen atoms in total. The van der Waals surface area contributed by atoms with E-state index in [9.17, 15) is 9.59 Å². The first-order valence-electron chi connectivity index (χ1n) is 5.84. The van der Waals surface area contributed by atoms with E-state index >= 15 is 0 Å². The van der Waals surface area contributed by atoms with Crippen LogP contribution in [0.15, 0.2) is 18.2 Å². The quantitative estimate of drug-likeness (QED) is 0.589. The summed E-state index contributed by atoms with van der Waals surface area (Å²) >= 11 is 0. The van der Waals surface area contributed by atoms with Crippen LogP contribution in [0.4, 0.5) is 0 Å². The largest absolute Gasteiger partial charge is 0.466 e. The molecule has 1 aromatic carbocycles. The number of esters is 1. The van der Waals surface area contributed by atoms with Gasteiger partial charge in [-0.1, -0.05) is 19.1 Å². The van der Waals surface area contributed by atoms with Gasteiger partial charge in [0.2, 0.25) is 0 Å². The third kappa shape index (κ3) is 3.17. The van der Waals surface area contributed by atoms with E-state index in [1.165, 1.54) is 0 Å². The molecule has 0 amide bonds. The van der Waals surface area contributed by atoms with Crippen molar-refractivity contribution in [3.8, 4) is 6.07 Å². The van der Waals surface area contributed by atoms with Gasteiger partial charge in [-0.15, -0.1) is 0 Å². The molecule has 94 valence electrons. The average molecular weight is 245 g/mol. The monoisotopic (exact) mass is 245 g/mol. The van der Waals surface area contributed by atoms with Crippen molar-refractivity contribution in [2.75, 3.05) is 6.61 Å². The van der Waals surface area contributed by atoms with E-state index in [2.05, 4.69) is 0 Å². The number of ketones is 1. The van der Waals surface area contributed by atoms with Crippen molar-refractivity contribution in [3.63, 3.8) is 0 Å². The minimum Gasteiger partial charge on any atom is -0.466 e. The molecule has 0 aliphatic carbocycles. The molecule has 4 heteroatoms. The first-order valence-corrected chi connectivity index (χ1v) is 5.84. The van der Waals surface area contributed by atoms with E-state index in [0.29, 0.717) is 23.1 Å². The number of benzene rings is 1. The summed E-state index contributed by atoms with van der Waals surface area (Å²) in [5.74, 6) is -0.503. The fourth-order valence-corrected chi connectivity index (χ4v) is 1.69. The lowest BCUT2D eigenvalue weighted by Crippen LogP contribution is -2.13. The molecule has 0 aromatic heterocycles. The van der Waals surface area contributed by atoms with Crippen molar-refractivity contribution >= 4 is 11.8 Å². The summed E-state index contributed by atoms with van der Waals surface area (Å²) in [6.45, 7) is 3.74. The molecular formula is C14H15NO3. The molecule has 0 heterocycles. The Morgan fingerprint density at radius 1 is 1.33 bits per heavy atom. The van der Waals surface area contributed by atoms with Crippen LogP contribution in [0.25, 0.3) is 0 Å². The maximum absolute atomic E-state index is 11.8. The van der Waals surface area contributed by atoms with Crippen LogP contribution in [-0.4, -0.2) is 18.4 Å². The lowest BCUT2D eigenvalue weighted by molar-refractivity contribution is -0.142. The minimum atomic E-state index is -0.426. The number of carbonyl (C=O) groups is 2. The van der Waals surface area contributed by atoms with Crippen LogP contribution in [0.1, 0.15) is 41.8 Å². The molecule has 0 bridgehead atoms. The summed E-state index contributed by atoms with van der Waals surface area (Å²) in [6, 6.07) is 6.89. The Hall–Kier alpha value is -2.15. The third-order valence-corrected chi connectivity index (χ3v) is 2.54. The second-order valence-electron chi connectivity index (χ2n) is 3.70. The number of carbonyl (C=O) groups excluding carboxylic acids is 2. The van der Waals surface area contributed by atoms with Crippen molar-refractivity contribution < 1.29 is 14.3 Å². The third-order valence-electron chi connectivity index (χ3n) is 2.54. The van der Waals surface area contributed by atoms with E-state index in [-0.39, 0.29) is 18.8 Å². The summed E-state index contributed by atoms with van der Waals surface area (Å²) in [7, 11) is 0. The SMILES string of the molecule is CCOC(=O)Cc1c(C#N)cccc1C(=O)CC. The standard InChI is InChI=1S/C14H15NO3/c1-3-13(16)11-7-5-6-10(9-15)12(11)8-14(17)18-4-2/h5-7H,3-4,8H2,1-2H3. The lowest BCUT2D eigenvalue weighted by Gasteiger charge is -2.09. The van der Waals surface area contributed by atoms with Gasteiger partial charge < -0.3 is 4.74 Å². The Labute approximate surface area is 106 Å². The van der Waals surface area contributed by atoms with Gasteiger partial charge in [-0.05, 0) is 18.6 Å². The highest BCUT2D eigenvalue weighted by Crippen LogP contribution is 2.17. The fourth-order valence-electron chi connectivity index (χ4n) is 1.69. The highest BCUT2D eigenvalue weighted by Gasteiger charge is 2.16. The summed E-state index contributed by atoms with van der Waals surface area (Å²) in [4.78, 5) is 23.3. The van der Waals surface area contributed by atoms with Crippen LogP contribution >= 0.6 is 0 Å². The van der Waals surface area contributed by atoms with Gasteiger partial charge in [-0.2, -0.15) is 5.26 Å². The summed E-state index contributed by atoms with van der Waals surface area (Å²) in [6.07, 6.45) is 0.295. The number of Topliss-reactive ketones (excluding diaryl/α,β-unsaturated/α-hetero) is 1. The molecule has 0 fully saturated rings. The normalized spacial score (nSPS) is 9.61. The molecule has 0 atom stereocenters. The Kier molecular flexibility index (Phi) is 5.06. The second-order valence-corrected chi connectivity index (χ2v) is 3.70. The first kappa shape index (κ1) is 13.9. The van der Waals surface area contributed by atoms with Crippen molar-refractivity contribution in [2.45, 2.75) is 26.7 Å². The average Bonchev–Trinajstić information content (AvgIpc) is 2.38. The van der Waals surface area contributed by atoms with Gasteiger partial charge >= 0.3 is 5.97 Å². The van der Waals surface area contributed by atoms with Gasteiger partial charge in [0.05, 0.1) is 24.7 Å². The van der Waals surface area contributed by atoms with Gasteiger partial charge in [0.1, 0.15) is 0 Å². The van der Waals surface area contributed by atoms with E-state index in [1.807, 2.05) is 6.07 Å². The highest BCUT2D eigenvalue weighted by molar-refractivity contribution is 5.98. The zero-order chi connectivity index (χ0) is 13.5. The van der Waals surface area contributed by atoms with Gasteiger partial charge in [0.15, 0.2) is 5.78 Å². The molecule has 0 unspecified atom stereocenters. The first-order chi connectivity index (χ1) is 8.63. The van der Waals surface area contributed by atoms with Crippen molar-refractivity contribution in [3.05, 3.63) is 34.9 Å². The maximum atomic E-state index is 11.8. The van der Waals surface area contributed by atoms with Crippen LogP contribution in [0.3, 0.4) is 0 Å². The zero-order valence-electron chi connectivity index (χ0n) is 10.5. The molecule has 0 N–H and O–H groups in total. The minimum absolute atomic E-state index is 0.0430. The molecule has 1 aromatic rings. The zero-order valence-corrected chi connectivity index (χ0v) is 10.5. The Bertz CT molecular complexity index is 500. The van der Waals surface area contributed by atoms with Crippen molar-refractivity contribution in [1.82, 2.24) is 0 Å². The Morgan fingerprint density at radius 3 is 2.61 bits per heavy atom. The van der Waals surface area contributed by atoms with Crippen molar-refractivity contribution in [1.29, 1.82) is 5.26 Å².